The molecule has 0 N–H and O–H groups in total. The van der Waals surface area contributed by atoms with Gasteiger partial charge in [0.15, 0.2) is 0 Å². The molecule has 0 atom stereocenters. The number of halogens is 1. The number of benzene rings is 1. The lowest BCUT2D eigenvalue weighted by atomic mass is 10.1. The molecule has 1 fully saturated rings. The number of aromatic nitrogens is 3. The first-order chi connectivity index (χ1) is 8.88. The van der Waals surface area contributed by atoms with Gasteiger partial charge in [-0.15, -0.1) is 10.2 Å². The highest BCUT2D eigenvalue weighted by Gasteiger charge is 2.28. The van der Waals surface area contributed by atoms with E-state index in [2.05, 4.69) is 61.0 Å². The van der Waals surface area contributed by atoms with E-state index in [1.807, 2.05) is 0 Å². The maximum atomic E-state index is 4.35. The van der Waals surface area contributed by atoms with E-state index >= 15 is 0 Å². The SMILES string of the molecule is BrCc1nnc(CCc2ccccc2)n1C1CC1. The molecule has 3 rings (SSSR count). The average molecular weight is 306 g/mol. The van der Waals surface area contributed by atoms with Gasteiger partial charge in [0.1, 0.15) is 11.6 Å². The second-order valence-corrected chi connectivity index (χ2v) is 5.31. The highest BCUT2D eigenvalue weighted by molar-refractivity contribution is 9.08. The van der Waals surface area contributed by atoms with Crippen LogP contribution in [0.3, 0.4) is 0 Å². The third-order valence-corrected chi connectivity index (χ3v) is 3.85. The van der Waals surface area contributed by atoms with Crippen LogP contribution in [0, 0.1) is 0 Å². The van der Waals surface area contributed by atoms with Gasteiger partial charge < -0.3 is 4.57 Å². The molecule has 1 aromatic heterocycles. The van der Waals surface area contributed by atoms with Crippen molar-refractivity contribution in [2.45, 2.75) is 37.1 Å². The van der Waals surface area contributed by atoms with Crippen LogP contribution in [0.1, 0.15) is 36.1 Å². The molecule has 0 aliphatic heterocycles. The van der Waals surface area contributed by atoms with Gasteiger partial charge >= 0.3 is 0 Å². The van der Waals surface area contributed by atoms with Crippen LogP contribution in [0.25, 0.3) is 0 Å². The fraction of sp³-hybridized carbons (Fsp3) is 0.429. The van der Waals surface area contributed by atoms with Gasteiger partial charge in [-0.2, -0.15) is 0 Å². The van der Waals surface area contributed by atoms with Crippen molar-refractivity contribution in [2.24, 2.45) is 0 Å². The summed E-state index contributed by atoms with van der Waals surface area (Å²) >= 11 is 3.49. The minimum atomic E-state index is 0.651. The van der Waals surface area contributed by atoms with Crippen molar-refractivity contribution < 1.29 is 0 Å². The molecule has 0 saturated heterocycles. The zero-order valence-corrected chi connectivity index (χ0v) is 11.8. The van der Waals surface area contributed by atoms with Crippen LogP contribution in [0.4, 0.5) is 0 Å². The molecule has 3 nitrogen and oxygen atoms in total. The predicted molar refractivity (Wildman–Crippen MR) is 74.8 cm³/mol. The molecule has 1 heterocycles. The van der Waals surface area contributed by atoms with Crippen molar-refractivity contribution in [1.29, 1.82) is 0 Å². The Labute approximate surface area is 115 Å². The van der Waals surface area contributed by atoms with Crippen molar-refractivity contribution in [3.8, 4) is 0 Å². The highest BCUT2D eigenvalue weighted by atomic mass is 79.9. The van der Waals surface area contributed by atoms with Gasteiger partial charge in [0.05, 0.1) is 5.33 Å². The van der Waals surface area contributed by atoms with Crippen molar-refractivity contribution in [2.75, 3.05) is 0 Å². The molecule has 0 bridgehead atoms. The standard InChI is InChI=1S/C14H16BrN3/c15-10-14-17-16-13(18(14)12-7-8-12)9-6-11-4-2-1-3-5-11/h1-5,12H,6-10H2. The molecule has 0 unspecified atom stereocenters. The Morgan fingerprint density at radius 3 is 2.44 bits per heavy atom. The maximum absolute atomic E-state index is 4.35. The quantitative estimate of drug-likeness (QED) is 0.794. The van der Waals surface area contributed by atoms with Gasteiger partial charge in [-0.25, -0.2) is 0 Å². The molecule has 1 aliphatic rings. The minimum absolute atomic E-state index is 0.651. The van der Waals surface area contributed by atoms with Crippen molar-refractivity contribution in [1.82, 2.24) is 14.8 Å². The van der Waals surface area contributed by atoms with Gasteiger partial charge in [-0.05, 0) is 24.8 Å². The van der Waals surface area contributed by atoms with E-state index in [-0.39, 0.29) is 0 Å². The van der Waals surface area contributed by atoms with Crippen LogP contribution in [0.5, 0.6) is 0 Å². The topological polar surface area (TPSA) is 30.7 Å². The first-order valence-corrected chi connectivity index (χ1v) is 7.53. The van der Waals surface area contributed by atoms with Gasteiger partial charge in [-0.3, -0.25) is 0 Å². The Hall–Kier alpha value is -1.16. The first kappa shape index (κ1) is 11.9. The molecule has 4 heteroatoms. The Kier molecular flexibility index (Phi) is 3.46. The average Bonchev–Trinajstić information content (AvgIpc) is 3.18. The number of nitrogens with zero attached hydrogens (tertiary/aromatic N) is 3. The number of hydrogen-bond donors (Lipinski definition) is 0. The van der Waals surface area contributed by atoms with E-state index in [4.69, 9.17) is 0 Å². The second kappa shape index (κ2) is 5.22. The molecular formula is C14H16BrN3. The molecule has 2 aromatic rings. The molecule has 18 heavy (non-hydrogen) atoms. The monoisotopic (exact) mass is 305 g/mol. The maximum Gasteiger partial charge on any atom is 0.143 e. The number of hydrogen-bond acceptors (Lipinski definition) is 2. The summed E-state index contributed by atoms with van der Waals surface area (Å²) in [4.78, 5) is 0. The number of aryl methyl sites for hydroxylation is 2. The van der Waals surface area contributed by atoms with Crippen LogP contribution >= 0.6 is 15.9 Å². The van der Waals surface area contributed by atoms with Crippen LogP contribution in [0.2, 0.25) is 0 Å². The van der Waals surface area contributed by atoms with E-state index in [1.165, 1.54) is 18.4 Å². The first-order valence-electron chi connectivity index (χ1n) is 6.41. The van der Waals surface area contributed by atoms with Gasteiger partial charge in [0, 0.05) is 12.5 Å². The van der Waals surface area contributed by atoms with Gasteiger partial charge in [-0.1, -0.05) is 46.3 Å². The lowest BCUT2D eigenvalue weighted by Crippen LogP contribution is -2.06. The van der Waals surface area contributed by atoms with E-state index in [1.54, 1.807) is 0 Å². The lowest BCUT2D eigenvalue weighted by Gasteiger charge is -2.07. The third kappa shape index (κ3) is 2.48. The summed E-state index contributed by atoms with van der Waals surface area (Å²) in [5.41, 5.74) is 1.36. The minimum Gasteiger partial charge on any atom is -0.311 e. The van der Waals surface area contributed by atoms with Gasteiger partial charge in [0.2, 0.25) is 0 Å². The summed E-state index contributed by atoms with van der Waals surface area (Å²) in [7, 11) is 0. The van der Waals surface area contributed by atoms with Crippen LogP contribution in [-0.4, -0.2) is 14.8 Å². The van der Waals surface area contributed by atoms with Crippen molar-refractivity contribution in [3.05, 3.63) is 47.5 Å². The Bertz CT molecular complexity index is 517. The molecule has 1 aromatic carbocycles. The highest BCUT2D eigenvalue weighted by Crippen LogP contribution is 2.37. The molecule has 0 amide bonds. The van der Waals surface area contributed by atoms with E-state index in [0.29, 0.717) is 6.04 Å². The smallest absolute Gasteiger partial charge is 0.143 e. The predicted octanol–water partition coefficient (Wildman–Crippen LogP) is 3.29. The van der Waals surface area contributed by atoms with Crippen molar-refractivity contribution in [3.63, 3.8) is 0 Å². The summed E-state index contributed by atoms with van der Waals surface area (Å²) in [5, 5.41) is 9.41. The Balaban J connectivity index is 1.74. The molecular weight excluding hydrogens is 290 g/mol. The number of alkyl halides is 1. The normalized spacial score (nSPS) is 14.9. The largest absolute Gasteiger partial charge is 0.311 e. The molecule has 94 valence electrons. The summed E-state index contributed by atoms with van der Waals surface area (Å²) < 4.78 is 2.33. The summed E-state index contributed by atoms with van der Waals surface area (Å²) in [6.07, 6.45) is 4.56. The molecule has 1 aliphatic carbocycles. The number of rotatable bonds is 5. The summed E-state index contributed by atoms with van der Waals surface area (Å²) in [6.45, 7) is 0. The summed E-state index contributed by atoms with van der Waals surface area (Å²) in [6, 6.07) is 11.2. The Morgan fingerprint density at radius 2 is 1.78 bits per heavy atom. The molecule has 1 saturated carbocycles. The van der Waals surface area contributed by atoms with Gasteiger partial charge in [0.25, 0.3) is 0 Å². The lowest BCUT2D eigenvalue weighted by molar-refractivity contribution is 0.654. The zero-order chi connectivity index (χ0) is 12.4. The summed E-state index contributed by atoms with van der Waals surface area (Å²) in [5.74, 6) is 2.20. The van der Waals surface area contributed by atoms with Crippen LogP contribution in [-0.2, 0) is 18.2 Å². The fourth-order valence-electron chi connectivity index (χ4n) is 2.28. The third-order valence-electron chi connectivity index (χ3n) is 3.35. The van der Waals surface area contributed by atoms with E-state index < -0.39 is 0 Å². The molecule has 0 spiro atoms. The second-order valence-electron chi connectivity index (χ2n) is 4.75. The molecule has 0 radical (unpaired) electrons. The zero-order valence-electron chi connectivity index (χ0n) is 10.2. The fourth-order valence-corrected chi connectivity index (χ4v) is 2.66. The van der Waals surface area contributed by atoms with Crippen LogP contribution in [0.15, 0.2) is 30.3 Å². The van der Waals surface area contributed by atoms with E-state index in [0.717, 1.165) is 29.8 Å². The van der Waals surface area contributed by atoms with Crippen molar-refractivity contribution >= 4 is 15.9 Å². The van der Waals surface area contributed by atoms with E-state index in [9.17, 15) is 0 Å². The Morgan fingerprint density at radius 1 is 1.06 bits per heavy atom. The van der Waals surface area contributed by atoms with Crippen LogP contribution < -0.4 is 0 Å².